The summed E-state index contributed by atoms with van der Waals surface area (Å²) in [5.74, 6) is 2.67. The second-order valence-corrected chi connectivity index (χ2v) is 9.25. The van der Waals surface area contributed by atoms with Gasteiger partial charge in [0.05, 0.1) is 6.42 Å². The number of carbonyl (C=O) groups excluding carboxylic acids is 1. The number of hydrogen-bond donors (Lipinski definition) is 1. The first kappa shape index (κ1) is 17.0. The zero-order valence-corrected chi connectivity index (χ0v) is 16.1. The number of hydrogen-bond acceptors (Lipinski definition) is 2. The molecule has 4 bridgehead atoms. The summed E-state index contributed by atoms with van der Waals surface area (Å²) in [7, 11) is 0. The van der Waals surface area contributed by atoms with Gasteiger partial charge in [-0.15, -0.1) is 0 Å². The van der Waals surface area contributed by atoms with E-state index in [4.69, 9.17) is 0 Å². The van der Waals surface area contributed by atoms with Crippen molar-refractivity contribution < 1.29 is 4.79 Å². The minimum Gasteiger partial charge on any atom is -0.273 e. The van der Waals surface area contributed by atoms with Crippen molar-refractivity contribution >= 4 is 22.4 Å². The van der Waals surface area contributed by atoms with Crippen LogP contribution >= 0.6 is 0 Å². The molecule has 0 heterocycles. The topological polar surface area (TPSA) is 41.5 Å². The summed E-state index contributed by atoms with van der Waals surface area (Å²) in [5, 5.41) is 6.93. The first-order valence-corrected chi connectivity index (χ1v) is 10.4. The van der Waals surface area contributed by atoms with Gasteiger partial charge in [-0.05, 0) is 79.5 Å². The minimum atomic E-state index is -0.0181. The third-order valence-corrected chi connectivity index (χ3v) is 7.38. The van der Waals surface area contributed by atoms with Crippen molar-refractivity contribution in [2.24, 2.45) is 28.3 Å². The minimum absolute atomic E-state index is 0.0181. The second-order valence-electron chi connectivity index (χ2n) is 9.25. The lowest BCUT2D eigenvalue weighted by molar-refractivity contribution is -0.120. The van der Waals surface area contributed by atoms with E-state index in [1.807, 2.05) is 24.3 Å². The molecule has 4 aliphatic carbocycles. The fraction of sp³-hybridized carbons (Fsp3) is 0.500. The summed E-state index contributed by atoms with van der Waals surface area (Å²) in [6.45, 7) is 2.14. The molecular weight excluding hydrogens is 332 g/mol. The van der Waals surface area contributed by atoms with Crippen molar-refractivity contribution in [3.63, 3.8) is 0 Å². The summed E-state index contributed by atoms with van der Waals surface area (Å²) in [4.78, 5) is 12.6. The Morgan fingerprint density at radius 2 is 1.63 bits per heavy atom. The Morgan fingerprint density at radius 1 is 1.00 bits per heavy atom. The zero-order valence-electron chi connectivity index (χ0n) is 16.1. The largest absolute Gasteiger partial charge is 0.273 e. The van der Waals surface area contributed by atoms with Gasteiger partial charge in [-0.1, -0.05) is 42.5 Å². The molecular formula is C24H28N2O. The third-order valence-electron chi connectivity index (χ3n) is 7.38. The molecule has 3 nitrogen and oxygen atoms in total. The number of amides is 1. The molecule has 0 saturated heterocycles. The molecule has 2 aromatic rings. The highest BCUT2D eigenvalue weighted by Gasteiger charge is 2.52. The van der Waals surface area contributed by atoms with Gasteiger partial charge < -0.3 is 0 Å². The van der Waals surface area contributed by atoms with Crippen LogP contribution in [-0.4, -0.2) is 11.6 Å². The molecule has 2 aromatic carbocycles. The molecule has 6 rings (SSSR count). The fourth-order valence-electron chi connectivity index (χ4n) is 6.48. The molecule has 1 amide bonds. The van der Waals surface area contributed by atoms with Gasteiger partial charge in [0.2, 0.25) is 5.91 Å². The van der Waals surface area contributed by atoms with Gasteiger partial charge in [-0.25, -0.2) is 5.43 Å². The van der Waals surface area contributed by atoms with Crippen LogP contribution in [0.2, 0.25) is 0 Å². The maximum Gasteiger partial charge on any atom is 0.244 e. The molecule has 3 heteroatoms. The maximum absolute atomic E-state index is 12.6. The highest BCUT2D eigenvalue weighted by atomic mass is 16.2. The Balaban J connectivity index is 1.30. The molecule has 27 heavy (non-hydrogen) atoms. The molecule has 4 saturated carbocycles. The zero-order chi connectivity index (χ0) is 18.4. The van der Waals surface area contributed by atoms with E-state index in [1.165, 1.54) is 43.9 Å². The van der Waals surface area contributed by atoms with Crippen LogP contribution in [0.15, 0.2) is 47.6 Å². The van der Waals surface area contributed by atoms with E-state index in [-0.39, 0.29) is 11.3 Å². The fourth-order valence-corrected chi connectivity index (χ4v) is 6.48. The van der Waals surface area contributed by atoms with Crippen molar-refractivity contribution in [1.82, 2.24) is 5.43 Å². The van der Waals surface area contributed by atoms with Crippen LogP contribution in [0.25, 0.3) is 10.8 Å². The normalized spacial score (nSPS) is 32.0. The van der Waals surface area contributed by atoms with Crippen molar-refractivity contribution in [1.29, 1.82) is 0 Å². The number of hydrazone groups is 1. The van der Waals surface area contributed by atoms with Gasteiger partial charge in [0.25, 0.3) is 0 Å². The van der Waals surface area contributed by atoms with Crippen molar-refractivity contribution in [2.75, 3.05) is 0 Å². The lowest BCUT2D eigenvalue weighted by Crippen LogP contribution is -2.49. The van der Waals surface area contributed by atoms with E-state index in [0.29, 0.717) is 6.42 Å². The van der Waals surface area contributed by atoms with Crippen LogP contribution in [0.4, 0.5) is 0 Å². The molecule has 140 valence electrons. The summed E-state index contributed by atoms with van der Waals surface area (Å²) in [5.41, 5.74) is 5.36. The lowest BCUT2D eigenvalue weighted by Gasteiger charge is -2.56. The highest BCUT2D eigenvalue weighted by molar-refractivity contribution is 5.92. The predicted octanol–water partition coefficient (Wildman–Crippen LogP) is 5.09. The smallest absolute Gasteiger partial charge is 0.244 e. The monoisotopic (exact) mass is 360 g/mol. The van der Waals surface area contributed by atoms with Crippen LogP contribution in [0.5, 0.6) is 0 Å². The second kappa shape index (κ2) is 6.47. The maximum atomic E-state index is 12.6. The first-order chi connectivity index (χ1) is 13.1. The molecule has 0 spiro atoms. The Labute approximate surface area is 161 Å². The van der Waals surface area contributed by atoms with Crippen LogP contribution in [0, 0.1) is 23.2 Å². The van der Waals surface area contributed by atoms with E-state index in [1.54, 1.807) is 0 Å². The number of carbonyl (C=O) groups is 1. The molecule has 0 unspecified atom stereocenters. The number of nitrogens with one attached hydrogen (secondary N) is 1. The highest BCUT2D eigenvalue weighted by Crippen LogP contribution is 2.60. The van der Waals surface area contributed by atoms with Crippen molar-refractivity contribution in [2.45, 2.75) is 51.9 Å². The summed E-state index contributed by atoms with van der Waals surface area (Å²) in [6, 6.07) is 14.4. The number of rotatable bonds is 4. The van der Waals surface area contributed by atoms with E-state index >= 15 is 0 Å². The number of fused-ring (bicyclic) bond motifs is 1. The van der Waals surface area contributed by atoms with Crippen LogP contribution < -0.4 is 5.43 Å². The number of benzene rings is 2. The molecule has 0 aliphatic heterocycles. The van der Waals surface area contributed by atoms with Gasteiger partial charge >= 0.3 is 0 Å². The molecule has 4 fully saturated rings. The quantitative estimate of drug-likeness (QED) is 0.599. The van der Waals surface area contributed by atoms with Crippen molar-refractivity contribution in [3.05, 3.63) is 48.0 Å². The van der Waals surface area contributed by atoms with E-state index in [0.717, 1.165) is 34.4 Å². The first-order valence-electron chi connectivity index (χ1n) is 10.4. The SMILES string of the molecule is C/C(=N/NC(=O)Cc1cccc2ccccc12)C12CC3CC(CC(C3)C1)C2. The third kappa shape index (κ3) is 3.07. The van der Waals surface area contributed by atoms with Gasteiger partial charge in [0.15, 0.2) is 0 Å². The lowest BCUT2D eigenvalue weighted by atomic mass is 9.48. The summed E-state index contributed by atoms with van der Waals surface area (Å²) in [6.07, 6.45) is 8.52. The Kier molecular flexibility index (Phi) is 4.07. The van der Waals surface area contributed by atoms with Crippen molar-refractivity contribution in [3.8, 4) is 0 Å². The Bertz CT molecular complexity index is 873. The summed E-state index contributed by atoms with van der Waals surface area (Å²) >= 11 is 0. The van der Waals surface area contributed by atoms with Gasteiger partial charge in [-0.2, -0.15) is 5.10 Å². The molecule has 4 aliphatic rings. The Morgan fingerprint density at radius 3 is 2.33 bits per heavy atom. The predicted molar refractivity (Wildman–Crippen MR) is 110 cm³/mol. The van der Waals surface area contributed by atoms with E-state index < -0.39 is 0 Å². The average molecular weight is 361 g/mol. The van der Waals surface area contributed by atoms with Crippen LogP contribution in [0.3, 0.4) is 0 Å². The molecule has 0 radical (unpaired) electrons. The van der Waals surface area contributed by atoms with Gasteiger partial charge in [0.1, 0.15) is 0 Å². The van der Waals surface area contributed by atoms with Crippen LogP contribution in [0.1, 0.15) is 51.0 Å². The molecule has 1 N–H and O–H groups in total. The summed E-state index contributed by atoms with van der Waals surface area (Å²) < 4.78 is 0. The number of nitrogens with zero attached hydrogens (tertiary/aromatic N) is 1. The van der Waals surface area contributed by atoms with E-state index in [9.17, 15) is 4.79 Å². The van der Waals surface area contributed by atoms with Gasteiger partial charge in [0, 0.05) is 11.1 Å². The van der Waals surface area contributed by atoms with Crippen LogP contribution in [-0.2, 0) is 11.2 Å². The molecule has 0 atom stereocenters. The molecule has 0 aromatic heterocycles. The average Bonchev–Trinajstić information content (AvgIpc) is 2.65. The van der Waals surface area contributed by atoms with Gasteiger partial charge in [-0.3, -0.25) is 4.79 Å². The standard InChI is InChI=1S/C24H28N2O/c1-16(24-13-17-9-18(14-24)11-19(10-17)15-24)25-26-23(27)12-21-7-4-6-20-5-2-3-8-22(20)21/h2-8,17-19H,9-15H2,1H3,(H,26,27)/b25-16-. The van der Waals surface area contributed by atoms with E-state index in [2.05, 4.69) is 35.7 Å². The Hall–Kier alpha value is -2.16.